The molecule has 10 nitrogen and oxygen atoms in total. The highest BCUT2D eigenvalue weighted by Crippen LogP contribution is 2.28. The zero-order chi connectivity index (χ0) is 26.5. The zero-order valence-corrected chi connectivity index (χ0v) is 21.1. The smallest absolute Gasteiger partial charge is 0.262 e. The molecular formula is C26H34N4O6. The van der Waals surface area contributed by atoms with E-state index in [0.717, 1.165) is 5.56 Å². The maximum Gasteiger partial charge on any atom is 0.262 e. The maximum atomic E-state index is 12.7. The number of nitrogens with two attached hydrogens (primary N) is 1. The number of hydrogen-bond acceptors (Lipinski definition) is 7. The van der Waals surface area contributed by atoms with Crippen molar-refractivity contribution < 1.29 is 28.6 Å². The first-order valence-electron chi connectivity index (χ1n) is 11.7. The minimum Gasteiger partial charge on any atom is -0.490 e. The molecule has 0 spiro atoms. The quantitative estimate of drug-likeness (QED) is 0.270. The van der Waals surface area contributed by atoms with E-state index in [9.17, 15) is 14.4 Å². The second-order valence-electron chi connectivity index (χ2n) is 8.43. The summed E-state index contributed by atoms with van der Waals surface area (Å²) in [7, 11) is 0. The normalized spacial score (nSPS) is 11.7. The van der Waals surface area contributed by atoms with E-state index in [0.29, 0.717) is 35.8 Å². The van der Waals surface area contributed by atoms with E-state index in [-0.39, 0.29) is 19.1 Å². The van der Waals surface area contributed by atoms with Crippen molar-refractivity contribution in [2.45, 2.75) is 40.2 Å². The molecule has 3 amide bonds. The number of primary amides is 1. The second kappa shape index (κ2) is 14.3. The lowest BCUT2D eigenvalue weighted by atomic mass is 10.0. The molecule has 0 aliphatic rings. The Morgan fingerprint density at radius 2 is 1.72 bits per heavy atom. The van der Waals surface area contributed by atoms with E-state index in [1.54, 1.807) is 24.3 Å². The van der Waals surface area contributed by atoms with E-state index in [1.165, 1.54) is 6.21 Å². The number of hydrazone groups is 1. The highest BCUT2D eigenvalue weighted by Gasteiger charge is 2.22. The van der Waals surface area contributed by atoms with Crippen molar-refractivity contribution in [3.8, 4) is 17.2 Å². The Labute approximate surface area is 211 Å². The molecule has 2 aromatic rings. The summed E-state index contributed by atoms with van der Waals surface area (Å²) >= 11 is 0. The van der Waals surface area contributed by atoms with Gasteiger partial charge >= 0.3 is 0 Å². The molecule has 2 rings (SSSR count). The number of rotatable bonds is 14. The molecule has 0 fully saturated rings. The number of carbonyl (C=O) groups is 3. The SMILES string of the molecule is CCOc1cc(/C=N\NC(=O)[C@@H](CC(C)C)NC(=O)COc2ccccc2C)ccc1OCC(N)=O. The van der Waals surface area contributed by atoms with Gasteiger partial charge in [-0.3, -0.25) is 14.4 Å². The van der Waals surface area contributed by atoms with Crippen LogP contribution in [0.15, 0.2) is 47.6 Å². The predicted octanol–water partition coefficient (Wildman–Crippen LogP) is 2.32. The maximum absolute atomic E-state index is 12.7. The largest absolute Gasteiger partial charge is 0.490 e. The standard InChI is InChI=1S/C26H34N4O6/c1-5-34-23-13-19(10-11-22(23)35-15-24(27)31)14-28-30-26(33)20(12-17(2)3)29-25(32)16-36-21-9-7-6-8-18(21)4/h6-11,13-14,17,20H,5,12,15-16H2,1-4H3,(H2,27,31)(H,29,32)(H,30,33)/b28-14-/t20-/m1/s1. The van der Waals surface area contributed by atoms with Crippen LogP contribution in [0.5, 0.6) is 17.2 Å². The van der Waals surface area contributed by atoms with Crippen LogP contribution < -0.4 is 30.7 Å². The third kappa shape index (κ3) is 9.65. The lowest BCUT2D eigenvalue weighted by Gasteiger charge is -2.19. The van der Waals surface area contributed by atoms with Crippen LogP contribution in [0.3, 0.4) is 0 Å². The molecule has 0 saturated heterocycles. The van der Waals surface area contributed by atoms with E-state index < -0.39 is 23.8 Å². The van der Waals surface area contributed by atoms with Gasteiger partial charge in [0.25, 0.3) is 17.7 Å². The molecule has 0 radical (unpaired) electrons. The van der Waals surface area contributed by atoms with Gasteiger partial charge in [-0.2, -0.15) is 5.10 Å². The number of nitrogens with one attached hydrogen (secondary N) is 2. The van der Waals surface area contributed by atoms with Crippen molar-refractivity contribution in [1.29, 1.82) is 0 Å². The van der Waals surface area contributed by atoms with Crippen LogP contribution in [-0.4, -0.2) is 49.8 Å². The molecule has 2 aromatic carbocycles. The Morgan fingerprint density at radius 1 is 1.00 bits per heavy atom. The summed E-state index contributed by atoms with van der Waals surface area (Å²) in [6, 6.07) is 11.6. The lowest BCUT2D eigenvalue weighted by molar-refractivity contribution is -0.130. The van der Waals surface area contributed by atoms with E-state index in [4.69, 9.17) is 19.9 Å². The molecule has 0 bridgehead atoms. The number of benzene rings is 2. The van der Waals surface area contributed by atoms with Gasteiger partial charge in [0.05, 0.1) is 12.8 Å². The molecule has 4 N–H and O–H groups in total. The lowest BCUT2D eigenvalue weighted by Crippen LogP contribution is -2.47. The number of ether oxygens (including phenoxy) is 3. The van der Waals surface area contributed by atoms with Gasteiger partial charge in [-0.1, -0.05) is 32.0 Å². The summed E-state index contributed by atoms with van der Waals surface area (Å²) in [5, 5.41) is 6.73. The number of nitrogens with zero attached hydrogens (tertiary/aromatic N) is 1. The van der Waals surface area contributed by atoms with Crippen LogP contribution in [0.4, 0.5) is 0 Å². The summed E-state index contributed by atoms with van der Waals surface area (Å²) in [4.78, 5) is 36.2. The molecule has 0 unspecified atom stereocenters. The van der Waals surface area contributed by atoms with Gasteiger partial charge in [0.15, 0.2) is 24.7 Å². The molecule has 0 aromatic heterocycles. The van der Waals surface area contributed by atoms with E-state index in [1.807, 2.05) is 45.9 Å². The number of amides is 3. The van der Waals surface area contributed by atoms with Crippen LogP contribution >= 0.6 is 0 Å². The third-order valence-corrected chi connectivity index (χ3v) is 4.84. The average molecular weight is 499 g/mol. The summed E-state index contributed by atoms with van der Waals surface area (Å²) < 4.78 is 16.5. The van der Waals surface area contributed by atoms with Crippen LogP contribution in [0.25, 0.3) is 0 Å². The molecule has 10 heteroatoms. The van der Waals surface area contributed by atoms with Crippen LogP contribution in [0, 0.1) is 12.8 Å². The first-order valence-corrected chi connectivity index (χ1v) is 11.7. The molecule has 0 aliphatic heterocycles. The van der Waals surface area contributed by atoms with Gasteiger partial charge in [-0.05, 0) is 61.6 Å². The Morgan fingerprint density at radius 3 is 2.39 bits per heavy atom. The Balaban J connectivity index is 1.99. The highest BCUT2D eigenvalue weighted by molar-refractivity contribution is 5.89. The third-order valence-electron chi connectivity index (χ3n) is 4.84. The minimum absolute atomic E-state index is 0.156. The number of para-hydroxylation sites is 1. The van der Waals surface area contributed by atoms with Crippen molar-refractivity contribution in [3.63, 3.8) is 0 Å². The van der Waals surface area contributed by atoms with Crippen LogP contribution in [0.1, 0.15) is 38.3 Å². The van der Waals surface area contributed by atoms with Gasteiger partial charge in [0.2, 0.25) is 0 Å². The predicted molar refractivity (Wildman–Crippen MR) is 136 cm³/mol. The minimum atomic E-state index is -0.779. The summed E-state index contributed by atoms with van der Waals surface area (Å²) in [6.45, 7) is 7.51. The summed E-state index contributed by atoms with van der Waals surface area (Å²) in [5.74, 6) is 0.0860. The molecule has 0 aliphatic carbocycles. The highest BCUT2D eigenvalue weighted by atomic mass is 16.5. The first-order chi connectivity index (χ1) is 17.2. The zero-order valence-electron chi connectivity index (χ0n) is 21.1. The van der Waals surface area contributed by atoms with Gasteiger partial charge in [0, 0.05) is 0 Å². The molecular weight excluding hydrogens is 464 g/mol. The van der Waals surface area contributed by atoms with Gasteiger partial charge < -0.3 is 25.3 Å². The number of hydrogen-bond donors (Lipinski definition) is 3. The fraction of sp³-hybridized carbons (Fsp3) is 0.385. The van der Waals surface area contributed by atoms with Crippen LogP contribution in [0.2, 0.25) is 0 Å². The summed E-state index contributed by atoms with van der Waals surface area (Å²) in [6.07, 6.45) is 1.87. The number of aryl methyl sites for hydroxylation is 1. The van der Waals surface area contributed by atoms with Crippen LogP contribution in [-0.2, 0) is 14.4 Å². The second-order valence-corrected chi connectivity index (χ2v) is 8.43. The van der Waals surface area contributed by atoms with E-state index >= 15 is 0 Å². The number of carbonyl (C=O) groups excluding carboxylic acids is 3. The Kier molecular flexibility index (Phi) is 11.2. The molecule has 1 atom stereocenters. The fourth-order valence-corrected chi connectivity index (χ4v) is 3.19. The summed E-state index contributed by atoms with van der Waals surface area (Å²) in [5.41, 5.74) is 9.13. The monoisotopic (exact) mass is 498 g/mol. The molecule has 0 saturated carbocycles. The van der Waals surface area contributed by atoms with Gasteiger partial charge in [-0.15, -0.1) is 0 Å². The fourth-order valence-electron chi connectivity index (χ4n) is 3.19. The molecule has 0 heterocycles. The van der Waals surface area contributed by atoms with Crippen molar-refractivity contribution in [2.75, 3.05) is 19.8 Å². The molecule has 36 heavy (non-hydrogen) atoms. The average Bonchev–Trinajstić information content (AvgIpc) is 2.82. The molecule has 194 valence electrons. The first kappa shape index (κ1) is 28.2. The topological polar surface area (TPSA) is 141 Å². The van der Waals surface area contributed by atoms with Crippen molar-refractivity contribution in [3.05, 3.63) is 53.6 Å². The van der Waals surface area contributed by atoms with Gasteiger partial charge in [0.1, 0.15) is 11.8 Å². The van der Waals surface area contributed by atoms with E-state index in [2.05, 4.69) is 15.8 Å². The Bertz CT molecular complexity index is 1070. The van der Waals surface area contributed by atoms with Gasteiger partial charge in [-0.25, -0.2) is 5.43 Å². The van der Waals surface area contributed by atoms with Crippen molar-refractivity contribution in [2.24, 2.45) is 16.8 Å². The van der Waals surface area contributed by atoms with Crippen molar-refractivity contribution in [1.82, 2.24) is 10.7 Å². The Hall–Kier alpha value is -4.08. The van der Waals surface area contributed by atoms with Crippen molar-refractivity contribution >= 4 is 23.9 Å².